The van der Waals surface area contributed by atoms with Crippen molar-refractivity contribution in [2.75, 3.05) is 47.8 Å². The van der Waals surface area contributed by atoms with Crippen LogP contribution in [0.5, 0.6) is 5.75 Å². The quantitative estimate of drug-likeness (QED) is 0.292. The van der Waals surface area contributed by atoms with E-state index in [0.717, 1.165) is 18.4 Å². The molecule has 1 saturated heterocycles. The van der Waals surface area contributed by atoms with Crippen molar-refractivity contribution in [3.05, 3.63) is 47.5 Å². The third-order valence-corrected chi connectivity index (χ3v) is 8.65. The van der Waals surface area contributed by atoms with E-state index in [1.807, 2.05) is 70.1 Å². The number of nitrogens with one attached hydrogen (secondary N) is 1. The van der Waals surface area contributed by atoms with Crippen molar-refractivity contribution in [2.45, 2.75) is 84.1 Å². The third-order valence-electron chi connectivity index (χ3n) is 7.58. The minimum absolute atomic E-state index is 0.0392. The number of esters is 1. The molecule has 3 heterocycles. The normalized spacial score (nSPS) is 16.8. The molecule has 12 heteroatoms. The van der Waals surface area contributed by atoms with Crippen LogP contribution in [0.25, 0.3) is 0 Å². The molecule has 1 aromatic carbocycles. The van der Waals surface area contributed by atoms with Crippen molar-refractivity contribution in [1.82, 2.24) is 14.9 Å². The maximum atomic E-state index is 13.6. The van der Waals surface area contributed by atoms with E-state index in [9.17, 15) is 14.4 Å². The predicted octanol–water partition coefficient (Wildman–Crippen LogP) is 5.65. The van der Waals surface area contributed by atoms with E-state index in [0.29, 0.717) is 62.3 Å². The van der Waals surface area contributed by atoms with Gasteiger partial charge in [0.25, 0.3) is 0 Å². The Bertz CT molecular complexity index is 1340. The number of carbonyl (C=O) groups excluding carboxylic acids is 3. The lowest BCUT2D eigenvalue weighted by atomic mass is 10.0. The van der Waals surface area contributed by atoms with Crippen LogP contribution in [0.1, 0.15) is 66.4 Å². The van der Waals surface area contributed by atoms with Crippen LogP contribution in [-0.4, -0.2) is 82.5 Å². The fourth-order valence-electron chi connectivity index (χ4n) is 5.22. The lowest BCUT2D eigenvalue weighted by Gasteiger charge is -2.29. The number of amides is 2. The second-order valence-corrected chi connectivity index (χ2v) is 13.1. The molecule has 1 fully saturated rings. The van der Waals surface area contributed by atoms with Crippen LogP contribution in [0.2, 0.25) is 0 Å². The molecule has 0 spiro atoms. The first-order valence-corrected chi connectivity index (χ1v) is 16.8. The molecule has 2 aliphatic heterocycles. The highest BCUT2D eigenvalue weighted by atomic mass is 32.2. The Kier molecular flexibility index (Phi) is 11.7. The van der Waals surface area contributed by atoms with Gasteiger partial charge in [0, 0.05) is 39.1 Å². The number of likely N-dealkylation sites (tertiary alicyclic amines) is 1. The Labute approximate surface area is 270 Å². The average Bonchev–Trinajstić information content (AvgIpc) is 3.74. The van der Waals surface area contributed by atoms with E-state index in [4.69, 9.17) is 14.5 Å². The smallest absolute Gasteiger partial charge is 0.415 e. The van der Waals surface area contributed by atoms with Crippen molar-refractivity contribution >= 4 is 47.2 Å². The van der Waals surface area contributed by atoms with E-state index >= 15 is 0 Å². The van der Waals surface area contributed by atoms with Gasteiger partial charge in [-0.05, 0) is 83.9 Å². The molecule has 11 nitrogen and oxygen atoms in total. The topological polar surface area (TPSA) is 117 Å². The van der Waals surface area contributed by atoms with Crippen LogP contribution in [0.3, 0.4) is 0 Å². The fraction of sp³-hybridized carbons (Fsp3) is 0.545. The van der Waals surface area contributed by atoms with Crippen LogP contribution in [0.4, 0.5) is 22.2 Å². The molecule has 1 unspecified atom stereocenters. The van der Waals surface area contributed by atoms with Gasteiger partial charge in [0.15, 0.2) is 5.82 Å². The van der Waals surface area contributed by atoms with E-state index in [-0.39, 0.29) is 23.7 Å². The summed E-state index contributed by atoms with van der Waals surface area (Å²) in [5.74, 6) is 0.827. The van der Waals surface area contributed by atoms with Gasteiger partial charge in [0.1, 0.15) is 23.1 Å². The first kappa shape index (κ1) is 34.1. The summed E-state index contributed by atoms with van der Waals surface area (Å²) in [6.07, 6.45) is 6.20. The molecule has 45 heavy (non-hydrogen) atoms. The summed E-state index contributed by atoms with van der Waals surface area (Å²) in [6, 6.07) is 6.29. The fourth-order valence-corrected chi connectivity index (χ4v) is 6.09. The molecule has 2 aromatic rings. The van der Waals surface area contributed by atoms with Crippen LogP contribution < -0.4 is 19.9 Å². The number of thioether (sulfide) groups is 1. The lowest BCUT2D eigenvalue weighted by molar-refractivity contribution is -0.155. The molecule has 0 radical (unpaired) electrons. The molecule has 1 N–H and O–H groups in total. The highest BCUT2D eigenvalue weighted by Crippen LogP contribution is 2.32. The molecular formula is C33H46N6O5S. The molecule has 2 aliphatic rings. The van der Waals surface area contributed by atoms with Crippen molar-refractivity contribution in [3.8, 4) is 5.75 Å². The summed E-state index contributed by atoms with van der Waals surface area (Å²) in [4.78, 5) is 54.5. The number of rotatable bonds is 12. The van der Waals surface area contributed by atoms with Crippen molar-refractivity contribution in [1.29, 1.82) is 0 Å². The van der Waals surface area contributed by atoms with E-state index in [2.05, 4.69) is 10.3 Å². The van der Waals surface area contributed by atoms with Gasteiger partial charge in [-0.25, -0.2) is 14.6 Å². The first-order chi connectivity index (χ1) is 21.5. The van der Waals surface area contributed by atoms with Gasteiger partial charge in [-0.15, -0.1) is 11.8 Å². The molecular weight excluding hydrogens is 592 g/mol. The summed E-state index contributed by atoms with van der Waals surface area (Å²) in [5, 5.41) is 5.07. The zero-order chi connectivity index (χ0) is 32.6. The molecule has 0 aliphatic carbocycles. The van der Waals surface area contributed by atoms with Gasteiger partial charge in [-0.2, -0.15) is 4.98 Å². The Morgan fingerprint density at radius 1 is 1.07 bits per heavy atom. The van der Waals surface area contributed by atoms with Crippen LogP contribution in [0, 0.1) is 0 Å². The predicted molar refractivity (Wildman–Crippen MR) is 179 cm³/mol. The zero-order valence-electron chi connectivity index (χ0n) is 27.2. The first-order valence-electron chi connectivity index (χ1n) is 15.8. The van der Waals surface area contributed by atoms with Gasteiger partial charge in [0.2, 0.25) is 11.9 Å². The summed E-state index contributed by atoms with van der Waals surface area (Å²) < 4.78 is 11.4. The maximum Gasteiger partial charge on any atom is 0.415 e. The SMILES string of the molecule is CCN(CC)c1ncc(N(CC)C(=O)C2CC=CS2)c(N[C@@H](Cc2ccc(OC(=O)N3CCCC3)cc2)C(=O)OC(C)(C)C)n1. The summed E-state index contributed by atoms with van der Waals surface area (Å²) in [5.41, 5.74) is 0.614. The van der Waals surface area contributed by atoms with Gasteiger partial charge < -0.3 is 29.5 Å². The number of anilines is 3. The van der Waals surface area contributed by atoms with Gasteiger partial charge in [0.05, 0.1) is 11.4 Å². The number of hydrogen-bond donors (Lipinski definition) is 1. The molecule has 4 rings (SSSR count). The Balaban J connectivity index is 1.64. The minimum Gasteiger partial charge on any atom is -0.458 e. The average molecular weight is 639 g/mol. The van der Waals surface area contributed by atoms with Crippen molar-refractivity contribution in [2.24, 2.45) is 0 Å². The summed E-state index contributed by atoms with van der Waals surface area (Å²) >= 11 is 1.50. The van der Waals surface area contributed by atoms with Gasteiger partial charge in [-0.3, -0.25) is 4.79 Å². The number of allylic oxidation sites excluding steroid dienone is 1. The molecule has 1 aromatic heterocycles. The van der Waals surface area contributed by atoms with Gasteiger partial charge in [-0.1, -0.05) is 18.2 Å². The number of ether oxygens (including phenoxy) is 2. The highest BCUT2D eigenvalue weighted by molar-refractivity contribution is 8.03. The van der Waals surface area contributed by atoms with Crippen molar-refractivity contribution in [3.63, 3.8) is 0 Å². The Morgan fingerprint density at radius 3 is 2.33 bits per heavy atom. The number of nitrogens with zero attached hydrogens (tertiary/aromatic N) is 5. The molecule has 2 amide bonds. The van der Waals surface area contributed by atoms with Crippen molar-refractivity contribution < 1.29 is 23.9 Å². The third kappa shape index (κ3) is 9.12. The largest absolute Gasteiger partial charge is 0.458 e. The number of aromatic nitrogens is 2. The summed E-state index contributed by atoms with van der Waals surface area (Å²) in [7, 11) is 0. The molecule has 0 bridgehead atoms. The summed E-state index contributed by atoms with van der Waals surface area (Å²) in [6.45, 7) is 14.6. The van der Waals surface area contributed by atoms with Crippen LogP contribution in [-0.2, 0) is 20.7 Å². The highest BCUT2D eigenvalue weighted by Gasteiger charge is 2.31. The second kappa shape index (κ2) is 15.5. The molecule has 0 saturated carbocycles. The van der Waals surface area contributed by atoms with Crippen LogP contribution >= 0.6 is 11.8 Å². The van der Waals surface area contributed by atoms with E-state index < -0.39 is 17.6 Å². The van der Waals surface area contributed by atoms with Gasteiger partial charge >= 0.3 is 12.1 Å². The number of benzene rings is 1. The monoisotopic (exact) mass is 638 g/mol. The second-order valence-electron chi connectivity index (χ2n) is 12.0. The lowest BCUT2D eigenvalue weighted by Crippen LogP contribution is -2.41. The van der Waals surface area contributed by atoms with E-state index in [1.54, 1.807) is 28.1 Å². The molecule has 2 atom stereocenters. The van der Waals surface area contributed by atoms with E-state index in [1.165, 1.54) is 11.8 Å². The maximum absolute atomic E-state index is 13.6. The number of hydrogen-bond acceptors (Lipinski definition) is 10. The van der Waals surface area contributed by atoms with Crippen LogP contribution in [0.15, 0.2) is 41.9 Å². The Hall–Kier alpha value is -3.80. The zero-order valence-corrected chi connectivity index (χ0v) is 28.1. The Morgan fingerprint density at radius 2 is 1.76 bits per heavy atom. The standard InChI is InChI=1S/C33H46N6O5S/c1-7-37(8-2)31-34-22-26(39(9-3)29(40)27-13-12-20-45-27)28(36-31)35-25(30(41)44-33(4,5)6)21-23-14-16-24(17-15-23)43-32(42)38-18-10-11-19-38/h12,14-17,20,22,25,27H,7-11,13,18-19,21H2,1-6H3,(H,34,35,36)/t25-,27?/m0/s1. The minimum atomic E-state index is -0.836. The number of carbonyl (C=O) groups is 3. The molecule has 244 valence electrons.